The average Bonchev–Trinajstić information content (AvgIpc) is 3.02. The Morgan fingerprint density at radius 2 is 2.11 bits per heavy atom. The number of nitrogens with zero attached hydrogens (tertiary/aromatic N) is 2. The number of hydrogen-bond donors (Lipinski definition) is 1. The summed E-state index contributed by atoms with van der Waals surface area (Å²) in [5, 5.41) is 2.72. The monoisotopic (exact) mass is 289 g/mol. The van der Waals surface area contributed by atoms with E-state index in [1.807, 2.05) is 4.90 Å². The highest BCUT2D eigenvalue weighted by Crippen LogP contribution is 2.30. The van der Waals surface area contributed by atoms with Gasteiger partial charge in [0, 0.05) is 26.1 Å². The van der Waals surface area contributed by atoms with Gasteiger partial charge in [-0.1, -0.05) is 0 Å². The fraction of sp³-hybridized carbons (Fsp3) is 0.818. The van der Waals surface area contributed by atoms with Crippen molar-refractivity contribution in [3.05, 3.63) is 0 Å². The van der Waals surface area contributed by atoms with Gasteiger partial charge >= 0.3 is 0 Å². The normalized spacial score (nSPS) is 24.1. The number of nitrogens with one attached hydrogen (secondary N) is 1. The highest BCUT2D eigenvalue weighted by atomic mass is 32.2. The van der Waals surface area contributed by atoms with Crippen molar-refractivity contribution in [2.24, 2.45) is 0 Å². The minimum atomic E-state index is -3.36. The summed E-state index contributed by atoms with van der Waals surface area (Å²) >= 11 is 0. The van der Waals surface area contributed by atoms with Crippen molar-refractivity contribution < 1.29 is 18.0 Å². The molecule has 0 bridgehead atoms. The zero-order valence-electron chi connectivity index (χ0n) is 11.1. The second kappa shape index (κ2) is 5.09. The number of sulfonamides is 1. The number of carbonyl (C=O) groups excluding carboxylic acids is 2. The van der Waals surface area contributed by atoms with Crippen LogP contribution in [0.5, 0.6) is 0 Å². The van der Waals surface area contributed by atoms with E-state index in [9.17, 15) is 18.0 Å². The Kier molecular flexibility index (Phi) is 3.82. The predicted octanol–water partition coefficient (Wildman–Crippen LogP) is -1.24. The number of amides is 2. The van der Waals surface area contributed by atoms with E-state index in [1.165, 1.54) is 7.05 Å². The summed E-state index contributed by atoms with van der Waals surface area (Å²) in [6, 6.07) is 0.154. The van der Waals surface area contributed by atoms with E-state index >= 15 is 0 Å². The minimum absolute atomic E-state index is 0.0734. The van der Waals surface area contributed by atoms with Crippen LogP contribution in [-0.2, 0) is 19.6 Å². The molecule has 1 aliphatic heterocycles. The van der Waals surface area contributed by atoms with Crippen molar-refractivity contribution in [3.8, 4) is 0 Å². The summed E-state index contributed by atoms with van der Waals surface area (Å²) in [5.74, 6) is -0.298. The standard InChI is InChI=1S/C11H19N3O4S/c1-13(19(2,17)18)7-10(15)12-8-5-11(16)14(6-8)9-3-4-9/h8-9H,3-7H2,1-2H3,(H,12,15)/t8-/m0/s1. The van der Waals surface area contributed by atoms with Gasteiger partial charge in [-0.25, -0.2) is 8.42 Å². The summed E-state index contributed by atoms with van der Waals surface area (Å²) in [4.78, 5) is 25.2. The maximum atomic E-state index is 11.7. The zero-order chi connectivity index (χ0) is 14.2. The third kappa shape index (κ3) is 3.66. The molecule has 2 amide bonds. The van der Waals surface area contributed by atoms with Gasteiger partial charge in [0.15, 0.2) is 0 Å². The van der Waals surface area contributed by atoms with Gasteiger partial charge in [0.05, 0.1) is 18.8 Å². The molecule has 7 nitrogen and oxygen atoms in total. The van der Waals surface area contributed by atoms with Crippen molar-refractivity contribution in [3.63, 3.8) is 0 Å². The number of carbonyl (C=O) groups is 2. The van der Waals surface area contributed by atoms with Crippen LogP contribution < -0.4 is 5.32 Å². The van der Waals surface area contributed by atoms with Gasteiger partial charge in [0.2, 0.25) is 21.8 Å². The fourth-order valence-electron chi connectivity index (χ4n) is 2.16. The molecule has 108 valence electrons. The maximum absolute atomic E-state index is 11.7. The van der Waals surface area contributed by atoms with E-state index in [4.69, 9.17) is 0 Å². The molecule has 19 heavy (non-hydrogen) atoms. The first-order chi connectivity index (χ1) is 8.77. The first-order valence-electron chi connectivity index (χ1n) is 6.27. The molecule has 8 heteroatoms. The van der Waals surface area contributed by atoms with Gasteiger partial charge in [-0.05, 0) is 12.8 Å². The summed E-state index contributed by atoms with van der Waals surface area (Å²) in [6.07, 6.45) is 3.45. The smallest absolute Gasteiger partial charge is 0.235 e. The van der Waals surface area contributed by atoms with E-state index in [0.29, 0.717) is 19.0 Å². The number of likely N-dealkylation sites (N-methyl/N-ethyl adjacent to an activating group) is 1. The van der Waals surface area contributed by atoms with Crippen LogP contribution in [0.4, 0.5) is 0 Å². The van der Waals surface area contributed by atoms with E-state index in [0.717, 1.165) is 23.4 Å². The number of likely N-dealkylation sites (tertiary alicyclic amines) is 1. The SMILES string of the molecule is CN(CC(=O)N[C@H]1CC(=O)N(C2CC2)C1)S(C)(=O)=O. The van der Waals surface area contributed by atoms with Crippen LogP contribution in [0.15, 0.2) is 0 Å². The number of hydrogen-bond acceptors (Lipinski definition) is 4. The lowest BCUT2D eigenvalue weighted by molar-refractivity contribution is -0.128. The maximum Gasteiger partial charge on any atom is 0.235 e. The molecule has 0 aromatic rings. The first-order valence-corrected chi connectivity index (χ1v) is 8.12. The lowest BCUT2D eigenvalue weighted by Crippen LogP contribution is -2.43. The Hall–Kier alpha value is -1.15. The van der Waals surface area contributed by atoms with Crippen molar-refractivity contribution in [2.75, 3.05) is 26.4 Å². The van der Waals surface area contributed by atoms with Crippen LogP contribution in [-0.4, -0.2) is 67.9 Å². The molecule has 1 aliphatic carbocycles. The molecule has 0 spiro atoms. The van der Waals surface area contributed by atoms with E-state index in [1.54, 1.807) is 0 Å². The number of rotatable bonds is 5. The van der Waals surface area contributed by atoms with Crippen LogP contribution >= 0.6 is 0 Å². The Morgan fingerprint density at radius 1 is 1.47 bits per heavy atom. The van der Waals surface area contributed by atoms with Crippen LogP contribution in [0.3, 0.4) is 0 Å². The molecular weight excluding hydrogens is 270 g/mol. The molecule has 0 radical (unpaired) electrons. The van der Waals surface area contributed by atoms with Crippen molar-refractivity contribution >= 4 is 21.8 Å². The molecule has 2 aliphatic rings. The molecule has 0 unspecified atom stereocenters. The highest BCUT2D eigenvalue weighted by Gasteiger charge is 2.39. The summed E-state index contributed by atoms with van der Waals surface area (Å²) < 4.78 is 23.4. The van der Waals surface area contributed by atoms with Gasteiger partial charge in [0.1, 0.15) is 0 Å². The Morgan fingerprint density at radius 3 is 2.63 bits per heavy atom. The molecule has 2 fully saturated rings. The van der Waals surface area contributed by atoms with Gasteiger partial charge in [0.25, 0.3) is 0 Å². The average molecular weight is 289 g/mol. The molecule has 1 saturated carbocycles. The lowest BCUT2D eigenvalue weighted by Gasteiger charge is -2.18. The van der Waals surface area contributed by atoms with Gasteiger partial charge in [-0.3, -0.25) is 9.59 Å². The molecule has 2 rings (SSSR count). The molecule has 1 saturated heterocycles. The molecule has 0 aromatic carbocycles. The zero-order valence-corrected chi connectivity index (χ0v) is 11.9. The topological polar surface area (TPSA) is 86.8 Å². The molecule has 1 heterocycles. The Bertz CT molecular complexity index is 486. The predicted molar refractivity (Wildman–Crippen MR) is 68.8 cm³/mol. The lowest BCUT2D eigenvalue weighted by atomic mass is 10.2. The Balaban J connectivity index is 1.82. The van der Waals surface area contributed by atoms with E-state index in [2.05, 4.69) is 5.32 Å². The van der Waals surface area contributed by atoms with Gasteiger partial charge in [-0.15, -0.1) is 0 Å². The first kappa shape index (κ1) is 14.3. The van der Waals surface area contributed by atoms with E-state index < -0.39 is 10.0 Å². The quantitative estimate of drug-likeness (QED) is 0.685. The third-order valence-electron chi connectivity index (χ3n) is 3.44. The Labute approximate surface area is 113 Å². The van der Waals surface area contributed by atoms with Crippen molar-refractivity contribution in [2.45, 2.75) is 31.3 Å². The second-order valence-electron chi connectivity index (χ2n) is 5.26. The molecule has 1 N–H and O–H groups in total. The van der Waals surface area contributed by atoms with E-state index in [-0.39, 0.29) is 24.4 Å². The van der Waals surface area contributed by atoms with Crippen LogP contribution in [0, 0.1) is 0 Å². The molecule has 0 aromatic heterocycles. The minimum Gasteiger partial charge on any atom is -0.350 e. The van der Waals surface area contributed by atoms with Crippen molar-refractivity contribution in [1.82, 2.24) is 14.5 Å². The third-order valence-corrected chi connectivity index (χ3v) is 4.71. The summed E-state index contributed by atoms with van der Waals surface area (Å²) in [6.45, 7) is 0.324. The second-order valence-corrected chi connectivity index (χ2v) is 7.35. The fourth-order valence-corrected chi connectivity index (χ4v) is 2.51. The summed E-state index contributed by atoms with van der Waals surface area (Å²) in [5.41, 5.74) is 0. The summed E-state index contributed by atoms with van der Waals surface area (Å²) in [7, 11) is -2.01. The largest absolute Gasteiger partial charge is 0.350 e. The highest BCUT2D eigenvalue weighted by molar-refractivity contribution is 7.88. The van der Waals surface area contributed by atoms with Crippen LogP contribution in [0.25, 0.3) is 0 Å². The van der Waals surface area contributed by atoms with Gasteiger partial charge in [-0.2, -0.15) is 4.31 Å². The van der Waals surface area contributed by atoms with Crippen LogP contribution in [0.1, 0.15) is 19.3 Å². The van der Waals surface area contributed by atoms with Crippen molar-refractivity contribution in [1.29, 1.82) is 0 Å². The molecule has 1 atom stereocenters. The van der Waals surface area contributed by atoms with Crippen LogP contribution in [0.2, 0.25) is 0 Å². The molecular formula is C11H19N3O4S. The van der Waals surface area contributed by atoms with Gasteiger partial charge < -0.3 is 10.2 Å².